The number of carbonyl (C=O) groups excluding carboxylic acids is 1. The van der Waals surface area contributed by atoms with Crippen LogP contribution in [0.1, 0.15) is 21.5 Å². The van der Waals surface area contributed by atoms with Crippen molar-refractivity contribution in [3.8, 4) is 5.82 Å². The van der Waals surface area contributed by atoms with Crippen molar-refractivity contribution >= 4 is 5.91 Å². The number of nitrogens with zero attached hydrogens (tertiary/aromatic N) is 3. The molecule has 0 saturated heterocycles. The number of aryl methyl sites for hydroxylation is 1. The SMILES string of the molecule is Cc1ccc(C(=O)NCc2cccnc2-n2cccn2)cc1. The third-order valence-electron chi connectivity index (χ3n) is 3.34. The average molecular weight is 292 g/mol. The molecule has 1 aromatic carbocycles. The van der Waals surface area contributed by atoms with Gasteiger partial charge in [-0.1, -0.05) is 23.8 Å². The van der Waals surface area contributed by atoms with Crippen LogP contribution in [-0.2, 0) is 6.54 Å². The minimum Gasteiger partial charge on any atom is -0.348 e. The molecule has 0 aliphatic carbocycles. The molecule has 0 atom stereocenters. The summed E-state index contributed by atoms with van der Waals surface area (Å²) >= 11 is 0. The molecule has 1 amide bonds. The summed E-state index contributed by atoms with van der Waals surface area (Å²) in [4.78, 5) is 16.5. The monoisotopic (exact) mass is 292 g/mol. The highest BCUT2D eigenvalue weighted by atomic mass is 16.1. The molecule has 1 N–H and O–H groups in total. The second-order valence-corrected chi connectivity index (χ2v) is 4.99. The highest BCUT2D eigenvalue weighted by molar-refractivity contribution is 5.94. The van der Waals surface area contributed by atoms with Crippen molar-refractivity contribution in [2.24, 2.45) is 0 Å². The molecule has 110 valence electrons. The lowest BCUT2D eigenvalue weighted by Gasteiger charge is -2.10. The van der Waals surface area contributed by atoms with Gasteiger partial charge in [0.25, 0.3) is 5.91 Å². The predicted molar refractivity (Wildman–Crippen MR) is 83.7 cm³/mol. The van der Waals surface area contributed by atoms with E-state index in [0.29, 0.717) is 12.1 Å². The Morgan fingerprint density at radius 1 is 1.14 bits per heavy atom. The van der Waals surface area contributed by atoms with Crippen molar-refractivity contribution in [3.05, 3.63) is 77.7 Å². The van der Waals surface area contributed by atoms with Crippen molar-refractivity contribution in [1.82, 2.24) is 20.1 Å². The Balaban J connectivity index is 1.74. The van der Waals surface area contributed by atoms with Gasteiger partial charge in [0.05, 0.1) is 0 Å². The Morgan fingerprint density at radius 3 is 2.68 bits per heavy atom. The largest absolute Gasteiger partial charge is 0.348 e. The van der Waals surface area contributed by atoms with E-state index >= 15 is 0 Å². The summed E-state index contributed by atoms with van der Waals surface area (Å²) < 4.78 is 1.69. The summed E-state index contributed by atoms with van der Waals surface area (Å²) in [7, 11) is 0. The lowest BCUT2D eigenvalue weighted by Crippen LogP contribution is -2.23. The summed E-state index contributed by atoms with van der Waals surface area (Å²) in [6, 6.07) is 13.1. The van der Waals surface area contributed by atoms with Crippen LogP contribution in [0, 0.1) is 6.92 Å². The van der Waals surface area contributed by atoms with Gasteiger partial charge < -0.3 is 5.32 Å². The molecular formula is C17H16N4O. The van der Waals surface area contributed by atoms with Crippen molar-refractivity contribution in [1.29, 1.82) is 0 Å². The lowest BCUT2D eigenvalue weighted by atomic mass is 10.1. The molecule has 22 heavy (non-hydrogen) atoms. The number of aromatic nitrogens is 3. The van der Waals surface area contributed by atoms with Gasteiger partial charge >= 0.3 is 0 Å². The fourth-order valence-electron chi connectivity index (χ4n) is 2.15. The van der Waals surface area contributed by atoms with E-state index in [-0.39, 0.29) is 5.91 Å². The van der Waals surface area contributed by atoms with Gasteiger partial charge in [-0.05, 0) is 31.2 Å². The molecule has 2 aromatic heterocycles. The Bertz CT molecular complexity index is 764. The topological polar surface area (TPSA) is 59.8 Å². The Hall–Kier alpha value is -2.95. The molecule has 0 fully saturated rings. The van der Waals surface area contributed by atoms with E-state index in [1.54, 1.807) is 17.1 Å². The van der Waals surface area contributed by atoms with Gasteiger partial charge in [-0.25, -0.2) is 9.67 Å². The number of hydrogen-bond donors (Lipinski definition) is 1. The minimum absolute atomic E-state index is 0.102. The molecular weight excluding hydrogens is 276 g/mol. The van der Waals surface area contributed by atoms with E-state index in [0.717, 1.165) is 16.9 Å². The number of pyridine rings is 1. The minimum atomic E-state index is -0.102. The first-order chi connectivity index (χ1) is 10.7. The van der Waals surface area contributed by atoms with E-state index in [2.05, 4.69) is 15.4 Å². The van der Waals surface area contributed by atoms with Gasteiger partial charge in [0, 0.05) is 36.3 Å². The summed E-state index contributed by atoms with van der Waals surface area (Å²) in [5.41, 5.74) is 2.69. The second kappa shape index (κ2) is 6.22. The third kappa shape index (κ3) is 3.03. The molecule has 3 rings (SSSR count). The molecule has 5 heteroatoms. The van der Waals surface area contributed by atoms with E-state index in [4.69, 9.17) is 0 Å². The zero-order valence-corrected chi connectivity index (χ0v) is 12.2. The summed E-state index contributed by atoms with van der Waals surface area (Å²) in [6.07, 6.45) is 5.24. The maximum atomic E-state index is 12.2. The molecule has 3 aromatic rings. The maximum Gasteiger partial charge on any atom is 0.251 e. The number of rotatable bonds is 4. The maximum absolute atomic E-state index is 12.2. The van der Waals surface area contributed by atoms with E-state index in [1.807, 2.05) is 55.6 Å². The molecule has 0 saturated carbocycles. The smallest absolute Gasteiger partial charge is 0.251 e. The van der Waals surface area contributed by atoms with Crippen LogP contribution in [0.3, 0.4) is 0 Å². The molecule has 0 aliphatic rings. The molecule has 5 nitrogen and oxygen atoms in total. The predicted octanol–water partition coefficient (Wildman–Crippen LogP) is 2.51. The fourth-order valence-corrected chi connectivity index (χ4v) is 2.15. The van der Waals surface area contributed by atoms with Crippen molar-refractivity contribution in [2.45, 2.75) is 13.5 Å². The van der Waals surface area contributed by atoms with E-state index in [9.17, 15) is 4.79 Å². The Kier molecular flexibility index (Phi) is 3.96. The van der Waals surface area contributed by atoms with Crippen LogP contribution >= 0.6 is 0 Å². The molecule has 0 unspecified atom stereocenters. The second-order valence-electron chi connectivity index (χ2n) is 4.99. The molecule has 2 heterocycles. The van der Waals surface area contributed by atoms with Gasteiger partial charge in [0.2, 0.25) is 0 Å². The van der Waals surface area contributed by atoms with Crippen molar-refractivity contribution < 1.29 is 4.79 Å². The quantitative estimate of drug-likeness (QED) is 0.803. The third-order valence-corrected chi connectivity index (χ3v) is 3.34. The number of hydrogen-bond acceptors (Lipinski definition) is 3. The number of carbonyl (C=O) groups is 1. The number of amides is 1. The highest BCUT2D eigenvalue weighted by Gasteiger charge is 2.09. The molecule has 0 aliphatic heterocycles. The molecule has 0 radical (unpaired) electrons. The normalized spacial score (nSPS) is 10.4. The fraction of sp³-hybridized carbons (Fsp3) is 0.118. The summed E-state index contributed by atoms with van der Waals surface area (Å²) in [6.45, 7) is 2.39. The van der Waals surface area contributed by atoms with Crippen LogP contribution in [0.15, 0.2) is 61.1 Å². The highest BCUT2D eigenvalue weighted by Crippen LogP contribution is 2.10. The first-order valence-corrected chi connectivity index (χ1v) is 7.03. The average Bonchev–Trinajstić information content (AvgIpc) is 3.08. The van der Waals surface area contributed by atoms with Crippen molar-refractivity contribution in [3.63, 3.8) is 0 Å². The van der Waals surface area contributed by atoms with Crippen LogP contribution in [0.25, 0.3) is 5.82 Å². The van der Waals surface area contributed by atoms with Crippen LogP contribution in [0.4, 0.5) is 0 Å². The summed E-state index contributed by atoms with van der Waals surface area (Å²) in [5, 5.41) is 7.10. The van der Waals surface area contributed by atoms with Gasteiger partial charge in [-0.15, -0.1) is 0 Å². The Morgan fingerprint density at radius 2 is 1.95 bits per heavy atom. The number of nitrogens with one attached hydrogen (secondary N) is 1. The number of benzene rings is 1. The molecule has 0 bridgehead atoms. The van der Waals surface area contributed by atoms with Crippen LogP contribution in [0.5, 0.6) is 0 Å². The van der Waals surface area contributed by atoms with E-state index < -0.39 is 0 Å². The van der Waals surface area contributed by atoms with Crippen LogP contribution in [0.2, 0.25) is 0 Å². The van der Waals surface area contributed by atoms with Crippen molar-refractivity contribution in [2.75, 3.05) is 0 Å². The van der Waals surface area contributed by atoms with Gasteiger partial charge in [0.1, 0.15) is 0 Å². The first kappa shape index (κ1) is 14.0. The lowest BCUT2D eigenvalue weighted by molar-refractivity contribution is 0.0951. The van der Waals surface area contributed by atoms with Gasteiger partial charge in [-0.3, -0.25) is 4.79 Å². The van der Waals surface area contributed by atoms with Crippen LogP contribution < -0.4 is 5.32 Å². The van der Waals surface area contributed by atoms with Crippen LogP contribution in [-0.4, -0.2) is 20.7 Å². The molecule has 0 spiro atoms. The van der Waals surface area contributed by atoms with E-state index in [1.165, 1.54) is 0 Å². The standard InChI is InChI=1S/C17H16N4O/c1-13-5-7-14(8-6-13)17(22)19-12-15-4-2-9-18-16(15)21-11-3-10-20-21/h2-11H,12H2,1H3,(H,19,22). The van der Waals surface area contributed by atoms with Gasteiger partial charge in [-0.2, -0.15) is 5.10 Å². The summed E-state index contributed by atoms with van der Waals surface area (Å²) in [5.74, 6) is 0.618. The zero-order valence-electron chi connectivity index (χ0n) is 12.2. The zero-order chi connectivity index (χ0) is 15.4. The van der Waals surface area contributed by atoms with Gasteiger partial charge in [0.15, 0.2) is 5.82 Å². The first-order valence-electron chi connectivity index (χ1n) is 7.03. The Labute approximate surface area is 128 Å².